The maximum atomic E-state index is 5.87. The van der Waals surface area contributed by atoms with Gasteiger partial charge in [-0.3, -0.25) is 0 Å². The molecule has 2 heteroatoms. The minimum atomic E-state index is 0.287. The molecule has 0 atom stereocenters. The molecule has 2 aliphatic carbocycles. The molecule has 0 N–H and O–H groups in total. The summed E-state index contributed by atoms with van der Waals surface area (Å²) >= 11 is 0. The van der Waals surface area contributed by atoms with Gasteiger partial charge in [-0.05, 0) is 37.1 Å². The van der Waals surface area contributed by atoms with E-state index in [9.17, 15) is 0 Å². The zero-order valence-electron chi connectivity index (χ0n) is 9.38. The van der Waals surface area contributed by atoms with Crippen LogP contribution in [0.3, 0.4) is 0 Å². The van der Waals surface area contributed by atoms with Crippen LogP contribution in [-0.4, -0.2) is 13.2 Å². The van der Waals surface area contributed by atoms with Crippen molar-refractivity contribution in [3.8, 4) is 12.3 Å². The molecule has 0 saturated heterocycles. The molecule has 0 bridgehead atoms. The first-order valence-electron chi connectivity index (χ1n) is 5.48. The third-order valence-electron chi connectivity index (χ3n) is 2.77. The van der Waals surface area contributed by atoms with Gasteiger partial charge in [-0.15, -0.1) is 6.42 Å². The van der Waals surface area contributed by atoms with Gasteiger partial charge < -0.3 is 9.47 Å². The van der Waals surface area contributed by atoms with Crippen molar-refractivity contribution in [2.24, 2.45) is 0 Å². The largest absolute Gasteiger partial charge is 0.486 e. The van der Waals surface area contributed by atoms with E-state index in [0.717, 1.165) is 12.8 Å². The third kappa shape index (κ3) is 2.23. The van der Waals surface area contributed by atoms with Gasteiger partial charge in [0.2, 0.25) is 5.76 Å². The highest BCUT2D eigenvalue weighted by Gasteiger charge is 2.20. The smallest absolute Gasteiger partial charge is 0.213 e. The van der Waals surface area contributed by atoms with Crippen molar-refractivity contribution in [1.29, 1.82) is 0 Å². The highest BCUT2D eigenvalue weighted by molar-refractivity contribution is 5.43. The Kier molecular flexibility index (Phi) is 3.22. The minimum Gasteiger partial charge on any atom is -0.486 e. The van der Waals surface area contributed by atoms with Crippen LogP contribution in [0.25, 0.3) is 0 Å². The SMILES string of the molecule is C#CC1=C=C=C(OC)C(OC2CCCC2)=C1. The summed E-state index contributed by atoms with van der Waals surface area (Å²) in [6.07, 6.45) is 12.1. The molecular formula is C14H14O2. The zero-order chi connectivity index (χ0) is 11.4. The first-order valence-corrected chi connectivity index (χ1v) is 5.48. The molecule has 0 amide bonds. The summed E-state index contributed by atoms with van der Waals surface area (Å²) < 4.78 is 11.0. The van der Waals surface area contributed by atoms with Crippen LogP contribution < -0.4 is 0 Å². The van der Waals surface area contributed by atoms with Gasteiger partial charge in [0, 0.05) is 6.08 Å². The summed E-state index contributed by atoms with van der Waals surface area (Å²) in [6, 6.07) is 0. The Hall–Kier alpha value is -1.80. The minimum absolute atomic E-state index is 0.287. The van der Waals surface area contributed by atoms with Crippen LogP contribution in [-0.2, 0) is 9.47 Å². The lowest BCUT2D eigenvalue weighted by Gasteiger charge is -2.17. The molecule has 1 saturated carbocycles. The number of rotatable bonds is 3. The highest BCUT2D eigenvalue weighted by atomic mass is 16.5. The molecule has 16 heavy (non-hydrogen) atoms. The maximum Gasteiger partial charge on any atom is 0.213 e. The average Bonchev–Trinajstić information content (AvgIpc) is 2.82. The molecule has 0 heterocycles. The van der Waals surface area contributed by atoms with E-state index in [2.05, 4.69) is 17.4 Å². The van der Waals surface area contributed by atoms with Crippen LogP contribution in [0.2, 0.25) is 0 Å². The van der Waals surface area contributed by atoms with E-state index in [0.29, 0.717) is 17.1 Å². The standard InChI is InChI=1S/C14H14O2/c1-3-11-8-9-13(15-2)14(10-11)16-12-6-4-5-7-12/h1,10,12H,4-7H2,2H3. The van der Waals surface area contributed by atoms with E-state index in [1.54, 1.807) is 13.2 Å². The van der Waals surface area contributed by atoms with Crippen molar-refractivity contribution >= 4 is 0 Å². The number of allylic oxidation sites excluding steroid dienone is 2. The molecule has 2 aliphatic rings. The fourth-order valence-electron chi connectivity index (χ4n) is 1.92. The van der Waals surface area contributed by atoms with Gasteiger partial charge in [0.1, 0.15) is 0 Å². The molecule has 2 nitrogen and oxygen atoms in total. The maximum absolute atomic E-state index is 5.87. The van der Waals surface area contributed by atoms with Crippen LogP contribution in [0.4, 0.5) is 0 Å². The highest BCUT2D eigenvalue weighted by Crippen LogP contribution is 2.27. The number of hydrogen-bond donors (Lipinski definition) is 0. The Morgan fingerprint density at radius 1 is 1.38 bits per heavy atom. The molecule has 0 aromatic heterocycles. The molecule has 82 valence electrons. The number of methoxy groups -OCH3 is 1. The zero-order valence-corrected chi connectivity index (χ0v) is 9.38. The normalized spacial score (nSPS) is 19.6. The lowest BCUT2D eigenvalue weighted by atomic mass is 10.2. The molecule has 0 aliphatic heterocycles. The Labute approximate surface area is 95.9 Å². The van der Waals surface area contributed by atoms with Crippen molar-refractivity contribution < 1.29 is 9.47 Å². The molecule has 0 aromatic rings. The predicted octanol–water partition coefficient (Wildman–Crippen LogP) is 2.69. The summed E-state index contributed by atoms with van der Waals surface area (Å²) in [6.45, 7) is 0. The molecule has 0 spiro atoms. The molecule has 1 fully saturated rings. The summed E-state index contributed by atoms with van der Waals surface area (Å²) in [4.78, 5) is 0. The third-order valence-corrected chi connectivity index (χ3v) is 2.77. The average molecular weight is 214 g/mol. The molecule has 0 unspecified atom stereocenters. The molecule has 0 aromatic carbocycles. The van der Waals surface area contributed by atoms with Crippen LogP contribution >= 0.6 is 0 Å². The van der Waals surface area contributed by atoms with Crippen LogP contribution in [0.1, 0.15) is 25.7 Å². The van der Waals surface area contributed by atoms with E-state index in [1.165, 1.54) is 12.8 Å². The van der Waals surface area contributed by atoms with Gasteiger partial charge in [0.15, 0.2) is 5.76 Å². The monoisotopic (exact) mass is 214 g/mol. The van der Waals surface area contributed by atoms with Crippen LogP contribution in [0.15, 0.2) is 34.6 Å². The quantitative estimate of drug-likeness (QED) is 0.531. The van der Waals surface area contributed by atoms with Crippen molar-refractivity contribution in [3.05, 3.63) is 34.6 Å². The second-order valence-corrected chi connectivity index (χ2v) is 3.87. The van der Waals surface area contributed by atoms with Crippen molar-refractivity contribution in [3.63, 3.8) is 0 Å². The van der Waals surface area contributed by atoms with E-state index in [1.807, 2.05) is 0 Å². The second-order valence-electron chi connectivity index (χ2n) is 3.87. The van der Waals surface area contributed by atoms with Gasteiger partial charge in [0.25, 0.3) is 0 Å². The summed E-state index contributed by atoms with van der Waals surface area (Å²) in [5, 5.41) is 0. The van der Waals surface area contributed by atoms with Gasteiger partial charge in [-0.25, -0.2) is 0 Å². The molecular weight excluding hydrogens is 200 g/mol. The van der Waals surface area contributed by atoms with E-state index >= 15 is 0 Å². The Balaban J connectivity index is 2.16. The molecule has 2 rings (SSSR count). The van der Waals surface area contributed by atoms with Crippen LogP contribution in [0.5, 0.6) is 0 Å². The topological polar surface area (TPSA) is 18.5 Å². The first kappa shape index (κ1) is 10.7. The van der Waals surface area contributed by atoms with Crippen molar-refractivity contribution in [2.75, 3.05) is 7.11 Å². The lowest BCUT2D eigenvalue weighted by molar-refractivity contribution is 0.106. The van der Waals surface area contributed by atoms with Crippen molar-refractivity contribution in [1.82, 2.24) is 0 Å². The van der Waals surface area contributed by atoms with Gasteiger partial charge in [-0.2, -0.15) is 0 Å². The summed E-state index contributed by atoms with van der Waals surface area (Å²) in [5.41, 5.74) is 6.35. The number of terminal acetylenes is 1. The number of ether oxygens (including phenoxy) is 2. The Bertz CT molecular complexity index is 444. The first-order chi connectivity index (χ1) is 7.83. The Morgan fingerprint density at radius 3 is 2.75 bits per heavy atom. The van der Waals surface area contributed by atoms with Gasteiger partial charge in [-0.1, -0.05) is 5.92 Å². The van der Waals surface area contributed by atoms with E-state index < -0.39 is 0 Å². The second kappa shape index (κ2) is 4.81. The van der Waals surface area contributed by atoms with Gasteiger partial charge >= 0.3 is 0 Å². The molecule has 0 radical (unpaired) electrons. The fourth-order valence-corrected chi connectivity index (χ4v) is 1.92. The van der Waals surface area contributed by atoms with E-state index in [4.69, 9.17) is 15.9 Å². The van der Waals surface area contributed by atoms with Gasteiger partial charge in [0.05, 0.1) is 18.8 Å². The predicted molar refractivity (Wildman–Crippen MR) is 61.3 cm³/mol. The summed E-state index contributed by atoms with van der Waals surface area (Å²) in [5.74, 6) is 3.78. The lowest BCUT2D eigenvalue weighted by Crippen LogP contribution is -2.10. The van der Waals surface area contributed by atoms with Crippen LogP contribution in [0, 0.1) is 12.3 Å². The van der Waals surface area contributed by atoms with E-state index in [-0.39, 0.29) is 6.10 Å². The van der Waals surface area contributed by atoms with Crippen molar-refractivity contribution in [2.45, 2.75) is 31.8 Å². The number of hydrogen-bond acceptors (Lipinski definition) is 2. The Morgan fingerprint density at radius 2 is 2.12 bits per heavy atom. The fraction of sp³-hybridized carbons (Fsp3) is 0.429. The summed E-state index contributed by atoms with van der Waals surface area (Å²) in [7, 11) is 1.59.